The lowest BCUT2D eigenvalue weighted by atomic mass is 9.89. The van der Waals surface area contributed by atoms with Crippen molar-refractivity contribution in [2.75, 3.05) is 6.61 Å². The highest BCUT2D eigenvalue weighted by Gasteiger charge is 2.28. The van der Waals surface area contributed by atoms with Gasteiger partial charge < -0.3 is 4.74 Å². The first-order valence-electron chi connectivity index (χ1n) is 10.5. The van der Waals surface area contributed by atoms with Crippen LogP contribution in [-0.4, -0.2) is 12.6 Å². The quantitative estimate of drug-likeness (QED) is 0.353. The van der Waals surface area contributed by atoms with Gasteiger partial charge in [-0.15, -0.1) is 0 Å². The molecule has 4 aromatic rings. The molecule has 4 aromatic carbocycles. The topological polar surface area (TPSA) is 26.3 Å². The van der Waals surface area contributed by atoms with Crippen molar-refractivity contribution < 1.29 is 9.53 Å². The maximum Gasteiger partial charge on any atom is 0.338 e. The first-order valence-corrected chi connectivity index (χ1v) is 10.5. The summed E-state index contributed by atoms with van der Waals surface area (Å²) in [6.07, 6.45) is 2.00. The number of hydrogen-bond donors (Lipinski definition) is 0. The second-order valence-electron chi connectivity index (χ2n) is 7.54. The van der Waals surface area contributed by atoms with Gasteiger partial charge in [-0.1, -0.05) is 84.9 Å². The van der Waals surface area contributed by atoms with Crippen LogP contribution in [0.4, 0.5) is 0 Å². The zero-order valence-electron chi connectivity index (χ0n) is 17.3. The third-order valence-electron chi connectivity index (χ3n) is 5.64. The molecule has 2 heteroatoms. The lowest BCUT2D eigenvalue weighted by Crippen LogP contribution is -2.05. The second-order valence-corrected chi connectivity index (χ2v) is 7.54. The van der Waals surface area contributed by atoms with Crippen molar-refractivity contribution in [1.29, 1.82) is 0 Å². The van der Waals surface area contributed by atoms with Gasteiger partial charge in [0.2, 0.25) is 0 Å². The van der Waals surface area contributed by atoms with Gasteiger partial charge in [0.25, 0.3) is 0 Å². The van der Waals surface area contributed by atoms with Gasteiger partial charge in [-0.2, -0.15) is 0 Å². The van der Waals surface area contributed by atoms with Crippen LogP contribution in [0.1, 0.15) is 29.2 Å². The molecule has 0 aromatic heterocycles. The Morgan fingerprint density at radius 2 is 1.23 bits per heavy atom. The predicted molar refractivity (Wildman–Crippen MR) is 127 cm³/mol. The SMILES string of the molecule is CCOC(=O)C1=CC(=C(c2ccccc2)c2ccccc2)c2cc3ccccc3cc21. The minimum atomic E-state index is -0.283. The molecule has 0 heterocycles. The molecule has 0 bridgehead atoms. The van der Waals surface area contributed by atoms with E-state index in [0.29, 0.717) is 12.2 Å². The molecule has 0 atom stereocenters. The fraction of sp³-hybridized carbons (Fsp3) is 0.0690. The molecule has 0 radical (unpaired) electrons. The number of rotatable bonds is 4. The molecule has 0 spiro atoms. The average molecular weight is 402 g/mol. The Labute approximate surface area is 182 Å². The van der Waals surface area contributed by atoms with E-state index in [1.165, 1.54) is 0 Å². The van der Waals surface area contributed by atoms with E-state index in [2.05, 4.69) is 48.5 Å². The highest BCUT2D eigenvalue weighted by Crippen LogP contribution is 2.44. The van der Waals surface area contributed by atoms with E-state index in [1.807, 2.05) is 61.5 Å². The normalized spacial score (nSPS) is 12.4. The van der Waals surface area contributed by atoms with Crippen molar-refractivity contribution in [3.05, 3.63) is 125 Å². The van der Waals surface area contributed by atoms with Crippen molar-refractivity contribution >= 4 is 33.5 Å². The maximum atomic E-state index is 12.9. The summed E-state index contributed by atoms with van der Waals surface area (Å²) >= 11 is 0. The molecule has 0 unspecified atom stereocenters. The van der Waals surface area contributed by atoms with Crippen LogP contribution >= 0.6 is 0 Å². The zero-order valence-corrected chi connectivity index (χ0v) is 17.3. The Kier molecular flexibility index (Phi) is 4.97. The smallest absolute Gasteiger partial charge is 0.338 e. The number of hydrogen-bond acceptors (Lipinski definition) is 2. The summed E-state index contributed by atoms with van der Waals surface area (Å²) in [5.41, 5.74) is 6.98. The predicted octanol–water partition coefficient (Wildman–Crippen LogP) is 6.76. The van der Waals surface area contributed by atoms with Crippen LogP contribution in [0.25, 0.3) is 27.5 Å². The minimum absolute atomic E-state index is 0.283. The standard InChI is InChI=1S/C29H22O2/c1-2-31-29(30)27-19-26(24-17-22-15-9-10-16-23(22)18-25(24)27)28(20-11-5-3-6-12-20)21-13-7-4-8-14-21/h3-19H,2H2,1H3. The lowest BCUT2D eigenvalue weighted by Gasteiger charge is -2.14. The summed E-state index contributed by atoms with van der Waals surface area (Å²) < 4.78 is 5.40. The highest BCUT2D eigenvalue weighted by atomic mass is 16.5. The van der Waals surface area contributed by atoms with Gasteiger partial charge in [0.1, 0.15) is 0 Å². The first kappa shape index (κ1) is 19.1. The number of carbonyl (C=O) groups is 1. The first-order chi connectivity index (χ1) is 15.3. The molecule has 1 aliphatic rings. The number of carbonyl (C=O) groups excluding carboxylic acids is 1. The number of esters is 1. The van der Waals surface area contributed by atoms with Gasteiger partial charge in [0.15, 0.2) is 0 Å². The molecule has 0 saturated heterocycles. The van der Waals surface area contributed by atoms with Crippen LogP contribution in [0.3, 0.4) is 0 Å². The van der Waals surface area contributed by atoms with Crippen LogP contribution in [0.5, 0.6) is 0 Å². The second kappa shape index (κ2) is 8.08. The summed E-state index contributed by atoms with van der Waals surface area (Å²) in [5.74, 6) is -0.283. The summed E-state index contributed by atoms with van der Waals surface area (Å²) in [7, 11) is 0. The largest absolute Gasteiger partial charge is 0.462 e. The van der Waals surface area contributed by atoms with E-state index in [0.717, 1.165) is 44.2 Å². The Balaban J connectivity index is 1.85. The molecular formula is C29H22O2. The van der Waals surface area contributed by atoms with Gasteiger partial charge in [-0.25, -0.2) is 4.79 Å². The monoisotopic (exact) mass is 402 g/mol. The minimum Gasteiger partial charge on any atom is -0.462 e. The molecule has 0 fully saturated rings. The van der Waals surface area contributed by atoms with Gasteiger partial charge in [0.05, 0.1) is 12.2 Å². The Morgan fingerprint density at radius 3 is 1.77 bits per heavy atom. The summed E-state index contributed by atoms with van der Waals surface area (Å²) in [4.78, 5) is 12.9. The number of allylic oxidation sites excluding steroid dienone is 2. The Hall–Kier alpha value is -3.91. The van der Waals surface area contributed by atoms with Crippen molar-refractivity contribution in [1.82, 2.24) is 0 Å². The van der Waals surface area contributed by atoms with Gasteiger partial charge >= 0.3 is 5.97 Å². The summed E-state index contributed by atoms with van der Waals surface area (Å²) in [6.45, 7) is 2.19. The van der Waals surface area contributed by atoms with E-state index in [1.54, 1.807) is 0 Å². The van der Waals surface area contributed by atoms with E-state index < -0.39 is 0 Å². The van der Waals surface area contributed by atoms with Gasteiger partial charge in [-0.3, -0.25) is 0 Å². The summed E-state index contributed by atoms with van der Waals surface area (Å²) in [6, 6.07) is 33.2. The molecule has 0 saturated carbocycles. The highest BCUT2D eigenvalue weighted by molar-refractivity contribution is 6.26. The third-order valence-corrected chi connectivity index (χ3v) is 5.64. The molecule has 2 nitrogen and oxygen atoms in total. The molecule has 31 heavy (non-hydrogen) atoms. The Morgan fingerprint density at radius 1 is 0.710 bits per heavy atom. The number of benzene rings is 4. The molecule has 1 aliphatic carbocycles. The molecule has 0 N–H and O–H groups in total. The molecule has 150 valence electrons. The number of fused-ring (bicyclic) bond motifs is 2. The third kappa shape index (κ3) is 3.47. The van der Waals surface area contributed by atoms with Gasteiger partial charge in [-0.05, 0) is 69.3 Å². The fourth-order valence-corrected chi connectivity index (χ4v) is 4.26. The van der Waals surface area contributed by atoms with E-state index in [-0.39, 0.29) is 5.97 Å². The molecule has 0 amide bonds. The Bertz CT molecular complexity index is 1290. The van der Waals surface area contributed by atoms with E-state index >= 15 is 0 Å². The van der Waals surface area contributed by atoms with Crippen LogP contribution in [-0.2, 0) is 9.53 Å². The average Bonchev–Trinajstić information content (AvgIpc) is 3.17. The van der Waals surface area contributed by atoms with E-state index in [9.17, 15) is 4.79 Å². The van der Waals surface area contributed by atoms with Gasteiger partial charge in [0, 0.05) is 0 Å². The maximum absolute atomic E-state index is 12.9. The summed E-state index contributed by atoms with van der Waals surface area (Å²) in [5, 5.41) is 2.26. The van der Waals surface area contributed by atoms with Crippen LogP contribution in [0, 0.1) is 0 Å². The van der Waals surface area contributed by atoms with E-state index in [4.69, 9.17) is 4.74 Å². The van der Waals surface area contributed by atoms with Crippen molar-refractivity contribution in [3.8, 4) is 0 Å². The van der Waals surface area contributed by atoms with Crippen LogP contribution in [0.2, 0.25) is 0 Å². The van der Waals surface area contributed by atoms with Crippen molar-refractivity contribution in [3.63, 3.8) is 0 Å². The lowest BCUT2D eigenvalue weighted by molar-refractivity contribution is -0.136. The molecular weight excluding hydrogens is 380 g/mol. The number of ether oxygens (including phenoxy) is 1. The van der Waals surface area contributed by atoms with Crippen LogP contribution < -0.4 is 0 Å². The molecule has 5 rings (SSSR count). The zero-order chi connectivity index (χ0) is 21.2. The van der Waals surface area contributed by atoms with Crippen molar-refractivity contribution in [2.24, 2.45) is 0 Å². The molecule has 0 aliphatic heterocycles. The fourth-order valence-electron chi connectivity index (χ4n) is 4.26. The van der Waals surface area contributed by atoms with Crippen LogP contribution in [0.15, 0.2) is 103 Å². The van der Waals surface area contributed by atoms with Crippen molar-refractivity contribution in [2.45, 2.75) is 6.92 Å².